The second-order valence-corrected chi connectivity index (χ2v) is 2.36. The van der Waals surface area contributed by atoms with E-state index in [2.05, 4.69) is 30.6 Å². The van der Waals surface area contributed by atoms with E-state index in [0.717, 1.165) is 5.56 Å². The zero-order valence-electron chi connectivity index (χ0n) is 6.89. The van der Waals surface area contributed by atoms with Gasteiger partial charge in [0, 0.05) is 0 Å². The van der Waals surface area contributed by atoms with Crippen LogP contribution in [-0.4, -0.2) is 5.11 Å². The smallest absolute Gasteiger partial charge is 1.00 e. The van der Waals surface area contributed by atoms with Crippen molar-refractivity contribution < 1.29 is 29.5 Å². The number of hydrogen-bond acceptors (Lipinski definition) is 1. The number of nitrogens with two attached hydrogens (primary N) is 2. The van der Waals surface area contributed by atoms with Crippen LogP contribution in [0.5, 0.6) is 0 Å². The molecule has 13 heavy (non-hydrogen) atoms. The van der Waals surface area contributed by atoms with Crippen LogP contribution in [0.25, 0.3) is 0 Å². The number of hydrogen-bond donors (Lipinski definition) is 2. The van der Waals surface area contributed by atoms with Crippen LogP contribution in [0.3, 0.4) is 0 Å². The largest absolute Gasteiger partial charge is 2.00 e. The van der Waals surface area contributed by atoms with Gasteiger partial charge in [0.05, 0.1) is 0 Å². The molecule has 0 atom stereocenters. The summed E-state index contributed by atoms with van der Waals surface area (Å²) in [6.07, 6.45) is 0. The Hall–Kier alpha value is -0.411. The molecule has 0 saturated heterocycles. The van der Waals surface area contributed by atoms with E-state index in [0.29, 0.717) is 0 Å². The van der Waals surface area contributed by atoms with Gasteiger partial charge in [-0.25, -0.2) is 0 Å². The molecule has 0 aliphatic rings. The molecule has 0 bridgehead atoms. The van der Waals surface area contributed by atoms with Crippen LogP contribution in [0, 0.1) is 6.92 Å². The van der Waals surface area contributed by atoms with Gasteiger partial charge in [-0.3, -0.25) is 0 Å². The molecule has 0 spiro atoms. The summed E-state index contributed by atoms with van der Waals surface area (Å²) in [6, 6.07) is 9.87. The summed E-state index contributed by atoms with van der Waals surface area (Å²) in [5, 5.41) is 0.000000000000000222. The summed E-state index contributed by atoms with van der Waals surface area (Å²) >= 11 is 4.09. The second kappa shape index (κ2) is 11.6. The number of thiocarbonyl (C=S) groups is 1. The van der Waals surface area contributed by atoms with Gasteiger partial charge < -0.3 is 23.9 Å². The van der Waals surface area contributed by atoms with Gasteiger partial charge >= 0.3 is 17.1 Å². The van der Waals surface area contributed by atoms with Crippen LogP contribution >= 0.6 is 12.2 Å². The molecule has 0 heterocycles. The zero-order chi connectivity index (χ0) is 8.69. The van der Waals surface area contributed by atoms with Crippen LogP contribution in [0.1, 0.15) is 5.56 Å². The summed E-state index contributed by atoms with van der Waals surface area (Å²) in [4.78, 5) is 0. The molecule has 0 saturated carbocycles. The summed E-state index contributed by atoms with van der Waals surface area (Å²) in [6.45, 7) is 3.72. The maximum absolute atomic E-state index is 4.62. The van der Waals surface area contributed by atoms with Gasteiger partial charge in [0.1, 0.15) is 0 Å². The predicted molar refractivity (Wildman–Crippen MR) is 51.9 cm³/mol. The Kier molecular flexibility index (Phi) is 16.4. The van der Waals surface area contributed by atoms with E-state index >= 15 is 0 Å². The topological polar surface area (TPSA) is 52.0 Å². The average Bonchev–Trinajstić information content (AvgIpc) is 1.87. The predicted octanol–water partition coefficient (Wildman–Crippen LogP) is -1.94. The first-order valence-corrected chi connectivity index (χ1v) is 3.45. The number of benzene rings is 1. The van der Waals surface area contributed by atoms with E-state index in [1.807, 2.05) is 30.3 Å². The maximum Gasteiger partial charge on any atom is 2.00 e. The molecule has 74 valence electrons. The molecular weight excluding hydrogens is 247 g/mol. The fraction of sp³-hybridized carbons (Fsp3) is 0. The van der Waals surface area contributed by atoms with Crippen LogP contribution in [0.15, 0.2) is 30.3 Å². The van der Waals surface area contributed by atoms with Gasteiger partial charge in [0.25, 0.3) is 0 Å². The van der Waals surface area contributed by atoms with Crippen molar-refractivity contribution in [1.82, 2.24) is 0 Å². The maximum atomic E-state index is 4.62. The van der Waals surface area contributed by atoms with Crippen molar-refractivity contribution >= 4 is 17.3 Å². The van der Waals surface area contributed by atoms with Crippen LogP contribution in [-0.2, 0) is 17.1 Å². The molecule has 0 radical (unpaired) electrons. The summed E-state index contributed by atoms with van der Waals surface area (Å²) in [5.41, 5.74) is 10.3. The molecule has 1 aromatic rings. The molecule has 1 aromatic carbocycles. The monoisotopic (exact) mass is 258 g/mol. The Morgan fingerprint density at radius 3 is 1.62 bits per heavy atom. The molecule has 0 aromatic heterocycles. The minimum atomic E-state index is 0. The first-order valence-electron chi connectivity index (χ1n) is 3.05. The minimum Gasteiger partial charge on any atom is -1.00 e. The molecule has 0 aliphatic carbocycles. The van der Waals surface area contributed by atoms with Crippen molar-refractivity contribution in [3.63, 3.8) is 0 Å². The number of halogens is 1. The molecule has 4 N–H and O–H groups in total. The summed E-state index contributed by atoms with van der Waals surface area (Å²) < 4.78 is 0. The van der Waals surface area contributed by atoms with Crippen molar-refractivity contribution in [2.24, 2.45) is 11.5 Å². The Bertz CT molecular complexity index is 215. The van der Waals surface area contributed by atoms with Crippen molar-refractivity contribution in [3.8, 4) is 0 Å². The van der Waals surface area contributed by atoms with Gasteiger partial charge in [0.2, 0.25) is 0 Å². The SMILES string of the molecule is NC(N)=S.[CH2-]c1ccccc1.[Cl-].[Fe+2]. The molecule has 1 rings (SSSR count). The third kappa shape index (κ3) is 18.5. The van der Waals surface area contributed by atoms with Crippen molar-refractivity contribution in [2.45, 2.75) is 0 Å². The average molecular weight is 259 g/mol. The van der Waals surface area contributed by atoms with Crippen molar-refractivity contribution in [3.05, 3.63) is 42.8 Å². The first-order chi connectivity index (χ1) is 5.13. The standard InChI is InChI=1S/C7H7.CH4N2S.ClH.Fe/c1-7-5-3-2-4-6-7;2-1(3)4;;/h2-6H,1H2;(H4,2,3,4);1H;/q-1;;;+2/p-1. The normalized spacial score (nSPS) is 6.46. The Morgan fingerprint density at radius 1 is 1.15 bits per heavy atom. The van der Waals surface area contributed by atoms with Crippen molar-refractivity contribution in [1.29, 1.82) is 0 Å². The van der Waals surface area contributed by atoms with E-state index < -0.39 is 0 Å². The molecule has 2 nitrogen and oxygen atoms in total. The van der Waals surface area contributed by atoms with Gasteiger partial charge in [-0.15, -0.1) is 12.1 Å². The molecule has 0 amide bonds. The van der Waals surface area contributed by atoms with E-state index in [1.54, 1.807) is 0 Å². The van der Waals surface area contributed by atoms with Crippen LogP contribution in [0.2, 0.25) is 0 Å². The van der Waals surface area contributed by atoms with Gasteiger partial charge in [0.15, 0.2) is 5.11 Å². The van der Waals surface area contributed by atoms with Crippen LogP contribution in [0.4, 0.5) is 0 Å². The second-order valence-electron chi connectivity index (χ2n) is 1.89. The molecular formula is C8H11ClFeN2S. The first kappa shape index (κ1) is 18.4. The zero-order valence-corrected chi connectivity index (χ0v) is 9.56. The Balaban J connectivity index is -0.000000150. The van der Waals surface area contributed by atoms with Gasteiger partial charge in [-0.05, 0) is 12.2 Å². The van der Waals surface area contributed by atoms with Crippen LogP contribution < -0.4 is 23.9 Å². The minimum absolute atomic E-state index is 0. The van der Waals surface area contributed by atoms with E-state index in [4.69, 9.17) is 0 Å². The quantitative estimate of drug-likeness (QED) is 0.323. The molecule has 0 aliphatic heterocycles. The molecule has 0 fully saturated rings. The van der Waals surface area contributed by atoms with Gasteiger partial charge in [-0.2, -0.15) is 24.6 Å². The van der Waals surface area contributed by atoms with Gasteiger partial charge in [-0.1, -0.05) is 6.07 Å². The Labute approximate surface area is 101 Å². The third-order valence-electron chi connectivity index (χ3n) is 0.843. The van der Waals surface area contributed by atoms with E-state index in [-0.39, 0.29) is 34.6 Å². The fourth-order valence-corrected chi connectivity index (χ4v) is 0.478. The van der Waals surface area contributed by atoms with Crippen molar-refractivity contribution in [2.75, 3.05) is 0 Å². The third-order valence-corrected chi connectivity index (χ3v) is 0.843. The Morgan fingerprint density at radius 2 is 1.46 bits per heavy atom. The van der Waals surface area contributed by atoms with E-state index in [1.165, 1.54) is 0 Å². The molecule has 0 unspecified atom stereocenters. The fourth-order valence-electron chi connectivity index (χ4n) is 0.478. The van der Waals surface area contributed by atoms with E-state index in [9.17, 15) is 0 Å². The summed E-state index contributed by atoms with van der Waals surface area (Å²) in [5.74, 6) is 0. The summed E-state index contributed by atoms with van der Waals surface area (Å²) in [7, 11) is 0. The molecule has 5 heteroatoms. The number of rotatable bonds is 0.